The van der Waals surface area contributed by atoms with E-state index in [0.29, 0.717) is 16.7 Å². The molecule has 2 rings (SSSR count). The lowest BCUT2D eigenvalue weighted by Gasteiger charge is -2.03. The number of aromatic nitrogens is 1. The van der Waals surface area contributed by atoms with E-state index < -0.39 is 0 Å². The van der Waals surface area contributed by atoms with E-state index in [0.717, 1.165) is 0 Å². The Bertz CT molecular complexity index is 458. The highest BCUT2D eigenvalue weighted by Crippen LogP contribution is 2.20. The Hall–Kier alpha value is -1.61. The lowest BCUT2D eigenvalue weighted by atomic mass is 10.3. The van der Waals surface area contributed by atoms with Crippen LogP contribution in [-0.4, -0.2) is 4.98 Å². The van der Waals surface area contributed by atoms with Crippen molar-refractivity contribution in [2.75, 3.05) is 0 Å². The van der Waals surface area contributed by atoms with Gasteiger partial charge in [0.15, 0.2) is 0 Å². The second kappa shape index (κ2) is 4.28. The van der Waals surface area contributed by atoms with E-state index in [1.54, 1.807) is 24.3 Å². The minimum Gasteiger partial charge on any atom is -0.439 e. The van der Waals surface area contributed by atoms with E-state index in [1.165, 1.54) is 18.3 Å². The molecule has 2 aromatic rings. The number of rotatable bonds is 2. The normalized spacial score (nSPS) is 10.0. The predicted molar refractivity (Wildman–Crippen MR) is 55.7 cm³/mol. The van der Waals surface area contributed by atoms with Crippen LogP contribution in [-0.2, 0) is 0 Å². The van der Waals surface area contributed by atoms with Gasteiger partial charge in [-0.3, -0.25) is 0 Å². The second-order valence-electron chi connectivity index (χ2n) is 2.87. The van der Waals surface area contributed by atoms with Gasteiger partial charge in [-0.15, -0.1) is 0 Å². The molecule has 15 heavy (non-hydrogen) atoms. The van der Waals surface area contributed by atoms with E-state index in [2.05, 4.69) is 4.98 Å². The molecule has 0 atom stereocenters. The standard InChI is InChI=1S/C11H7ClFNO/c12-8-4-5-11(14-7-8)15-10-3-1-2-9(13)6-10/h1-7H. The summed E-state index contributed by atoms with van der Waals surface area (Å²) in [6, 6.07) is 9.13. The van der Waals surface area contributed by atoms with Crippen molar-refractivity contribution in [3.05, 3.63) is 53.4 Å². The lowest BCUT2D eigenvalue weighted by molar-refractivity contribution is 0.458. The van der Waals surface area contributed by atoms with Crippen molar-refractivity contribution in [3.8, 4) is 11.6 Å². The zero-order valence-corrected chi connectivity index (χ0v) is 8.41. The number of benzene rings is 1. The van der Waals surface area contributed by atoms with Crippen molar-refractivity contribution in [3.63, 3.8) is 0 Å². The average Bonchev–Trinajstić information content (AvgIpc) is 2.22. The van der Waals surface area contributed by atoms with Gasteiger partial charge in [-0.05, 0) is 18.2 Å². The molecule has 4 heteroatoms. The maximum absolute atomic E-state index is 12.8. The molecule has 0 saturated carbocycles. The van der Waals surface area contributed by atoms with Gasteiger partial charge in [0.2, 0.25) is 5.88 Å². The molecule has 0 aliphatic heterocycles. The summed E-state index contributed by atoms with van der Waals surface area (Å²) >= 11 is 5.66. The highest BCUT2D eigenvalue weighted by molar-refractivity contribution is 6.30. The fourth-order valence-electron chi connectivity index (χ4n) is 1.07. The van der Waals surface area contributed by atoms with E-state index in [-0.39, 0.29) is 5.82 Å². The Kier molecular flexibility index (Phi) is 2.83. The Morgan fingerprint density at radius 2 is 2.07 bits per heavy atom. The molecule has 0 N–H and O–H groups in total. The maximum atomic E-state index is 12.8. The van der Waals surface area contributed by atoms with Crippen LogP contribution in [0.2, 0.25) is 5.02 Å². The van der Waals surface area contributed by atoms with Gasteiger partial charge in [-0.1, -0.05) is 17.7 Å². The summed E-state index contributed by atoms with van der Waals surface area (Å²) in [5.74, 6) is 0.441. The molecule has 0 spiro atoms. The van der Waals surface area contributed by atoms with Crippen LogP contribution in [0.25, 0.3) is 0 Å². The first-order valence-electron chi connectivity index (χ1n) is 4.29. The Morgan fingerprint density at radius 1 is 1.20 bits per heavy atom. The van der Waals surface area contributed by atoms with Crippen molar-refractivity contribution in [1.82, 2.24) is 4.98 Å². The van der Waals surface area contributed by atoms with E-state index in [1.807, 2.05) is 0 Å². The molecule has 0 radical (unpaired) electrons. The Labute approximate surface area is 91.3 Å². The quantitative estimate of drug-likeness (QED) is 0.775. The number of pyridine rings is 1. The van der Waals surface area contributed by atoms with Gasteiger partial charge in [0.05, 0.1) is 5.02 Å². The van der Waals surface area contributed by atoms with Gasteiger partial charge in [-0.2, -0.15) is 0 Å². The van der Waals surface area contributed by atoms with Crippen molar-refractivity contribution in [1.29, 1.82) is 0 Å². The summed E-state index contributed by atoms with van der Waals surface area (Å²) in [7, 11) is 0. The summed E-state index contributed by atoms with van der Waals surface area (Å²) < 4.78 is 18.1. The molecule has 0 fully saturated rings. The fraction of sp³-hybridized carbons (Fsp3) is 0. The van der Waals surface area contributed by atoms with Crippen LogP contribution in [0.1, 0.15) is 0 Å². The summed E-state index contributed by atoms with van der Waals surface area (Å²) in [4.78, 5) is 3.93. The molecule has 0 saturated heterocycles. The van der Waals surface area contributed by atoms with Crippen LogP contribution >= 0.6 is 11.6 Å². The summed E-state index contributed by atoms with van der Waals surface area (Å²) in [5, 5.41) is 0.529. The van der Waals surface area contributed by atoms with Crippen LogP contribution < -0.4 is 4.74 Å². The first-order valence-corrected chi connectivity index (χ1v) is 4.67. The molecule has 76 valence electrons. The SMILES string of the molecule is Fc1cccc(Oc2ccc(Cl)cn2)c1. The van der Waals surface area contributed by atoms with Gasteiger partial charge in [-0.25, -0.2) is 9.37 Å². The molecule has 0 aliphatic carbocycles. The second-order valence-corrected chi connectivity index (χ2v) is 3.31. The fourth-order valence-corrected chi connectivity index (χ4v) is 1.19. The third kappa shape index (κ3) is 2.67. The number of nitrogens with zero attached hydrogens (tertiary/aromatic N) is 1. The van der Waals surface area contributed by atoms with E-state index in [9.17, 15) is 4.39 Å². The van der Waals surface area contributed by atoms with Gasteiger partial charge < -0.3 is 4.74 Å². The molecule has 0 bridgehead atoms. The van der Waals surface area contributed by atoms with Crippen molar-refractivity contribution in [2.45, 2.75) is 0 Å². The summed E-state index contributed by atoms with van der Waals surface area (Å²) in [6.45, 7) is 0. The minimum absolute atomic E-state index is 0.346. The zero-order chi connectivity index (χ0) is 10.7. The zero-order valence-electron chi connectivity index (χ0n) is 7.65. The molecule has 1 heterocycles. The number of ether oxygens (including phenoxy) is 1. The summed E-state index contributed by atoms with van der Waals surface area (Å²) in [5.41, 5.74) is 0. The Morgan fingerprint density at radius 3 is 2.73 bits per heavy atom. The van der Waals surface area contributed by atoms with Crippen molar-refractivity contribution < 1.29 is 9.13 Å². The molecule has 0 unspecified atom stereocenters. The molecule has 1 aromatic carbocycles. The average molecular weight is 224 g/mol. The monoisotopic (exact) mass is 223 g/mol. The highest BCUT2D eigenvalue weighted by Gasteiger charge is 1.99. The smallest absolute Gasteiger partial charge is 0.219 e. The third-order valence-corrected chi connectivity index (χ3v) is 1.94. The van der Waals surface area contributed by atoms with Crippen molar-refractivity contribution >= 4 is 11.6 Å². The molecular formula is C11H7ClFNO. The van der Waals surface area contributed by atoms with Crippen LogP contribution in [0.15, 0.2) is 42.6 Å². The molecule has 0 amide bonds. The maximum Gasteiger partial charge on any atom is 0.219 e. The molecule has 0 aliphatic rings. The summed E-state index contributed by atoms with van der Waals surface area (Å²) in [6.07, 6.45) is 1.47. The van der Waals surface area contributed by atoms with Gasteiger partial charge in [0, 0.05) is 18.3 Å². The molecule has 2 nitrogen and oxygen atoms in total. The third-order valence-electron chi connectivity index (χ3n) is 1.72. The first-order chi connectivity index (χ1) is 7.24. The Balaban J connectivity index is 2.18. The number of halogens is 2. The van der Waals surface area contributed by atoms with Gasteiger partial charge in [0.1, 0.15) is 11.6 Å². The van der Waals surface area contributed by atoms with Crippen LogP contribution in [0, 0.1) is 5.82 Å². The number of hydrogen-bond acceptors (Lipinski definition) is 2. The van der Waals surface area contributed by atoms with E-state index in [4.69, 9.17) is 16.3 Å². The first kappa shape index (κ1) is 9.93. The number of hydrogen-bond donors (Lipinski definition) is 0. The van der Waals surface area contributed by atoms with E-state index >= 15 is 0 Å². The minimum atomic E-state index is -0.346. The van der Waals surface area contributed by atoms with Crippen LogP contribution in [0.4, 0.5) is 4.39 Å². The topological polar surface area (TPSA) is 22.1 Å². The molecule has 1 aromatic heterocycles. The van der Waals surface area contributed by atoms with Crippen LogP contribution in [0.3, 0.4) is 0 Å². The highest BCUT2D eigenvalue weighted by atomic mass is 35.5. The largest absolute Gasteiger partial charge is 0.439 e. The molecular weight excluding hydrogens is 217 g/mol. The van der Waals surface area contributed by atoms with Gasteiger partial charge >= 0.3 is 0 Å². The van der Waals surface area contributed by atoms with Crippen molar-refractivity contribution in [2.24, 2.45) is 0 Å². The van der Waals surface area contributed by atoms with Crippen LogP contribution in [0.5, 0.6) is 11.6 Å². The predicted octanol–water partition coefficient (Wildman–Crippen LogP) is 3.67. The van der Waals surface area contributed by atoms with Gasteiger partial charge in [0.25, 0.3) is 0 Å². The lowest BCUT2D eigenvalue weighted by Crippen LogP contribution is -1.87.